The molecule has 2 N–H and O–H groups in total. The summed E-state index contributed by atoms with van der Waals surface area (Å²) in [5, 5.41) is 12.0. The summed E-state index contributed by atoms with van der Waals surface area (Å²) in [4.78, 5) is 0. The molecule has 17 heavy (non-hydrogen) atoms. The first kappa shape index (κ1) is 13.8. The molecule has 0 unspecified atom stereocenters. The van der Waals surface area contributed by atoms with Crippen molar-refractivity contribution in [3.63, 3.8) is 0 Å². The van der Waals surface area contributed by atoms with Crippen LogP contribution in [0, 0.1) is 6.92 Å². The van der Waals surface area contributed by atoms with Crippen molar-refractivity contribution in [2.24, 2.45) is 0 Å². The van der Waals surface area contributed by atoms with Gasteiger partial charge in [0.15, 0.2) is 0 Å². The Morgan fingerprint density at radius 1 is 1.24 bits per heavy atom. The normalized spacial score (nSPS) is 10.4. The third-order valence-corrected chi connectivity index (χ3v) is 2.69. The fraction of sp³-hybridized carbons (Fsp3) is 0.538. The zero-order valence-electron chi connectivity index (χ0n) is 10.7. The van der Waals surface area contributed by atoms with Gasteiger partial charge in [-0.2, -0.15) is 0 Å². The number of benzene rings is 1. The van der Waals surface area contributed by atoms with Crippen molar-refractivity contribution in [1.29, 1.82) is 0 Å². The summed E-state index contributed by atoms with van der Waals surface area (Å²) in [6.45, 7) is 3.72. The second kappa shape index (κ2) is 7.14. The van der Waals surface area contributed by atoms with E-state index >= 15 is 0 Å². The Labute approximate surface area is 103 Å². The van der Waals surface area contributed by atoms with E-state index in [1.165, 1.54) is 0 Å². The number of hydrogen-bond donors (Lipinski definition) is 2. The molecule has 0 atom stereocenters. The predicted octanol–water partition coefficient (Wildman–Crippen LogP) is 1.48. The monoisotopic (exact) mass is 239 g/mol. The van der Waals surface area contributed by atoms with Crippen LogP contribution in [0.5, 0.6) is 11.5 Å². The fourth-order valence-electron chi connectivity index (χ4n) is 1.80. The first-order valence-electron chi connectivity index (χ1n) is 5.76. The molecule has 4 nitrogen and oxygen atoms in total. The number of aliphatic hydroxyl groups is 1. The minimum absolute atomic E-state index is 0.214. The van der Waals surface area contributed by atoms with Gasteiger partial charge in [0.05, 0.1) is 14.2 Å². The van der Waals surface area contributed by atoms with E-state index < -0.39 is 0 Å². The van der Waals surface area contributed by atoms with Gasteiger partial charge in [0.2, 0.25) is 0 Å². The van der Waals surface area contributed by atoms with Gasteiger partial charge in [-0.3, -0.25) is 0 Å². The van der Waals surface area contributed by atoms with Crippen molar-refractivity contribution in [3.05, 3.63) is 23.3 Å². The van der Waals surface area contributed by atoms with E-state index in [2.05, 4.69) is 5.32 Å². The van der Waals surface area contributed by atoms with Gasteiger partial charge in [-0.05, 0) is 26.0 Å². The topological polar surface area (TPSA) is 50.7 Å². The molecule has 0 aliphatic heterocycles. The molecule has 0 bridgehead atoms. The molecular weight excluding hydrogens is 218 g/mol. The SMILES string of the molecule is COc1ccc(CNCCCO)c(OC)c1C. The predicted molar refractivity (Wildman–Crippen MR) is 67.7 cm³/mol. The standard InChI is InChI=1S/C13H21NO3/c1-10-12(16-2)6-5-11(13(10)17-3)9-14-7-4-8-15/h5-6,14-15H,4,7-9H2,1-3H3. The Hall–Kier alpha value is -1.26. The summed E-state index contributed by atoms with van der Waals surface area (Å²) < 4.78 is 10.7. The van der Waals surface area contributed by atoms with Crippen molar-refractivity contribution in [2.45, 2.75) is 19.9 Å². The Morgan fingerprint density at radius 2 is 2.00 bits per heavy atom. The molecule has 0 aliphatic carbocycles. The Kier molecular flexibility index (Phi) is 5.80. The van der Waals surface area contributed by atoms with Gasteiger partial charge < -0.3 is 19.9 Å². The summed E-state index contributed by atoms with van der Waals surface area (Å²) in [5.41, 5.74) is 2.11. The van der Waals surface area contributed by atoms with Crippen LogP contribution in [0.25, 0.3) is 0 Å². The van der Waals surface area contributed by atoms with Crippen LogP contribution in [0.3, 0.4) is 0 Å². The molecule has 0 heterocycles. The molecule has 1 aromatic rings. The molecule has 0 saturated carbocycles. The van der Waals surface area contributed by atoms with E-state index in [0.29, 0.717) is 0 Å². The second-order valence-electron chi connectivity index (χ2n) is 3.84. The number of rotatable bonds is 7. The quantitative estimate of drug-likeness (QED) is 0.708. The highest BCUT2D eigenvalue weighted by molar-refractivity contribution is 5.49. The van der Waals surface area contributed by atoms with Gasteiger partial charge in [0.1, 0.15) is 11.5 Å². The summed E-state index contributed by atoms with van der Waals surface area (Å²) in [6.07, 6.45) is 0.761. The fourth-order valence-corrected chi connectivity index (χ4v) is 1.80. The highest BCUT2D eigenvalue weighted by Crippen LogP contribution is 2.31. The molecular formula is C13H21NO3. The molecule has 0 amide bonds. The van der Waals surface area contributed by atoms with Crippen LogP contribution < -0.4 is 14.8 Å². The molecule has 0 radical (unpaired) electrons. The number of ether oxygens (including phenoxy) is 2. The van der Waals surface area contributed by atoms with Crippen LogP contribution >= 0.6 is 0 Å². The lowest BCUT2D eigenvalue weighted by atomic mass is 10.1. The summed E-state index contributed by atoms with van der Waals surface area (Å²) in [5.74, 6) is 1.70. The Morgan fingerprint density at radius 3 is 2.59 bits per heavy atom. The Balaban J connectivity index is 2.74. The van der Waals surface area contributed by atoms with Crippen molar-refractivity contribution in [2.75, 3.05) is 27.4 Å². The van der Waals surface area contributed by atoms with Crippen LogP contribution in [-0.4, -0.2) is 32.5 Å². The van der Waals surface area contributed by atoms with Crippen molar-refractivity contribution >= 4 is 0 Å². The summed E-state index contributed by atoms with van der Waals surface area (Å²) >= 11 is 0. The van der Waals surface area contributed by atoms with Gasteiger partial charge in [-0.25, -0.2) is 0 Å². The lowest BCUT2D eigenvalue weighted by Gasteiger charge is -2.14. The zero-order valence-corrected chi connectivity index (χ0v) is 10.7. The zero-order chi connectivity index (χ0) is 12.7. The molecule has 1 aromatic carbocycles. The number of hydrogen-bond acceptors (Lipinski definition) is 4. The molecule has 1 rings (SSSR count). The minimum Gasteiger partial charge on any atom is -0.496 e. The summed E-state index contributed by atoms with van der Waals surface area (Å²) in [7, 11) is 3.32. The number of aliphatic hydroxyl groups excluding tert-OH is 1. The van der Waals surface area contributed by atoms with Crippen molar-refractivity contribution in [1.82, 2.24) is 5.32 Å². The average molecular weight is 239 g/mol. The van der Waals surface area contributed by atoms with Gasteiger partial charge in [-0.15, -0.1) is 0 Å². The molecule has 0 fully saturated rings. The highest BCUT2D eigenvalue weighted by Gasteiger charge is 2.10. The highest BCUT2D eigenvalue weighted by atomic mass is 16.5. The van der Waals surface area contributed by atoms with Crippen molar-refractivity contribution < 1.29 is 14.6 Å². The van der Waals surface area contributed by atoms with Gasteiger partial charge >= 0.3 is 0 Å². The van der Waals surface area contributed by atoms with Crippen LogP contribution in [0.15, 0.2) is 12.1 Å². The van der Waals surface area contributed by atoms with E-state index in [1.54, 1.807) is 14.2 Å². The first-order valence-corrected chi connectivity index (χ1v) is 5.76. The van der Waals surface area contributed by atoms with Gasteiger partial charge in [0, 0.05) is 24.3 Å². The molecule has 0 aromatic heterocycles. The van der Waals surface area contributed by atoms with Gasteiger partial charge in [-0.1, -0.05) is 6.07 Å². The van der Waals surface area contributed by atoms with Crippen LogP contribution in [-0.2, 0) is 6.54 Å². The summed E-state index contributed by atoms with van der Waals surface area (Å²) in [6, 6.07) is 3.94. The average Bonchev–Trinajstić information content (AvgIpc) is 2.35. The maximum atomic E-state index is 8.70. The van der Waals surface area contributed by atoms with Crippen molar-refractivity contribution in [3.8, 4) is 11.5 Å². The number of nitrogens with one attached hydrogen (secondary N) is 1. The molecule has 4 heteroatoms. The van der Waals surface area contributed by atoms with Crippen LogP contribution in [0.2, 0.25) is 0 Å². The maximum absolute atomic E-state index is 8.70. The second-order valence-corrected chi connectivity index (χ2v) is 3.84. The third-order valence-electron chi connectivity index (χ3n) is 2.69. The third kappa shape index (κ3) is 3.61. The molecule has 0 saturated heterocycles. The lowest BCUT2D eigenvalue weighted by Crippen LogP contribution is -2.16. The van der Waals surface area contributed by atoms with E-state index in [-0.39, 0.29) is 6.61 Å². The Bertz CT molecular complexity index is 353. The van der Waals surface area contributed by atoms with E-state index in [0.717, 1.165) is 42.1 Å². The molecule has 96 valence electrons. The van der Waals surface area contributed by atoms with E-state index in [9.17, 15) is 0 Å². The van der Waals surface area contributed by atoms with E-state index in [1.807, 2.05) is 19.1 Å². The maximum Gasteiger partial charge on any atom is 0.129 e. The first-order chi connectivity index (χ1) is 8.24. The van der Waals surface area contributed by atoms with Crippen LogP contribution in [0.1, 0.15) is 17.5 Å². The van der Waals surface area contributed by atoms with Gasteiger partial charge in [0.25, 0.3) is 0 Å². The minimum atomic E-state index is 0.214. The van der Waals surface area contributed by atoms with Crippen LogP contribution in [0.4, 0.5) is 0 Å². The molecule has 0 spiro atoms. The molecule has 0 aliphatic rings. The smallest absolute Gasteiger partial charge is 0.129 e. The lowest BCUT2D eigenvalue weighted by molar-refractivity contribution is 0.286. The number of methoxy groups -OCH3 is 2. The largest absolute Gasteiger partial charge is 0.496 e. The van der Waals surface area contributed by atoms with E-state index in [4.69, 9.17) is 14.6 Å².